The topological polar surface area (TPSA) is 84.4 Å². The van der Waals surface area contributed by atoms with E-state index in [2.05, 4.69) is 29.0 Å². The van der Waals surface area contributed by atoms with Crippen molar-refractivity contribution in [2.24, 2.45) is 0 Å². The van der Waals surface area contributed by atoms with Crippen molar-refractivity contribution in [3.8, 4) is 11.3 Å². The summed E-state index contributed by atoms with van der Waals surface area (Å²) >= 11 is 5.59. The first-order valence-electron chi connectivity index (χ1n) is 9.30. The Bertz CT molecular complexity index is 1030. The first-order chi connectivity index (χ1) is 14.0. The van der Waals surface area contributed by atoms with Gasteiger partial charge < -0.3 is 14.6 Å². The number of nitro benzene ring substituents is 1. The fourth-order valence-electron chi connectivity index (χ4n) is 3.64. The molecule has 1 aromatic carbocycles. The summed E-state index contributed by atoms with van der Waals surface area (Å²) in [7, 11) is 0. The number of pyridine rings is 1. The lowest BCUT2D eigenvalue weighted by Gasteiger charge is -2.29. The minimum absolute atomic E-state index is 0.0482. The Labute approximate surface area is 173 Å². The molecule has 2 aromatic heterocycles. The number of aromatic nitrogens is 1. The van der Waals surface area contributed by atoms with E-state index in [1.165, 1.54) is 12.1 Å². The van der Waals surface area contributed by atoms with Gasteiger partial charge in [0.1, 0.15) is 17.6 Å². The minimum atomic E-state index is -0.416. The van der Waals surface area contributed by atoms with Gasteiger partial charge >= 0.3 is 0 Å². The first-order valence-corrected chi connectivity index (χ1v) is 9.71. The van der Waals surface area contributed by atoms with E-state index in [1.54, 1.807) is 18.3 Å². The van der Waals surface area contributed by atoms with Crippen LogP contribution >= 0.6 is 12.2 Å². The first kappa shape index (κ1) is 19.1. The molecule has 8 heteroatoms. The van der Waals surface area contributed by atoms with Crippen LogP contribution in [0.15, 0.2) is 65.2 Å². The molecule has 0 spiro atoms. The molecular formula is C21H20N4O3S. The summed E-state index contributed by atoms with van der Waals surface area (Å²) in [6.45, 7) is 4.17. The highest BCUT2D eigenvalue weighted by Crippen LogP contribution is 2.41. The molecule has 0 bridgehead atoms. The number of benzene rings is 1. The molecule has 0 amide bonds. The summed E-state index contributed by atoms with van der Waals surface area (Å²) in [6.07, 6.45) is 1.76. The highest BCUT2D eigenvalue weighted by molar-refractivity contribution is 7.80. The Morgan fingerprint density at radius 1 is 1.17 bits per heavy atom. The minimum Gasteiger partial charge on any atom is -0.459 e. The largest absolute Gasteiger partial charge is 0.459 e. The van der Waals surface area contributed by atoms with Gasteiger partial charge in [0.2, 0.25) is 0 Å². The molecule has 1 fully saturated rings. The predicted octanol–water partition coefficient (Wildman–Crippen LogP) is 4.63. The normalized spacial score (nSPS) is 18.9. The molecule has 0 saturated carbocycles. The Balaban J connectivity index is 1.70. The SMILES string of the molecule is CC(C)N1C(=S)N[C@@H](c2ccccn2)[C@@H]1c1ccc(-c2ccc([N+](=O)[O-])cc2)o1. The lowest BCUT2D eigenvalue weighted by Crippen LogP contribution is -2.35. The van der Waals surface area contributed by atoms with Crippen molar-refractivity contribution < 1.29 is 9.34 Å². The van der Waals surface area contributed by atoms with Crippen molar-refractivity contribution in [2.75, 3.05) is 0 Å². The molecule has 0 aliphatic carbocycles. The Morgan fingerprint density at radius 3 is 2.55 bits per heavy atom. The van der Waals surface area contributed by atoms with Crippen LogP contribution in [0.1, 0.15) is 37.4 Å². The van der Waals surface area contributed by atoms with E-state index in [0.717, 1.165) is 17.0 Å². The van der Waals surface area contributed by atoms with Crippen LogP contribution in [0.25, 0.3) is 11.3 Å². The molecule has 4 rings (SSSR count). The summed E-state index contributed by atoms with van der Waals surface area (Å²) in [5, 5.41) is 14.9. The van der Waals surface area contributed by atoms with Crippen LogP contribution in [0.3, 0.4) is 0 Å². The third kappa shape index (κ3) is 3.58. The molecule has 7 nitrogen and oxygen atoms in total. The highest BCUT2D eigenvalue weighted by Gasteiger charge is 2.42. The number of furan rings is 1. The number of hydrogen-bond acceptors (Lipinski definition) is 5. The summed E-state index contributed by atoms with van der Waals surface area (Å²) in [5.74, 6) is 1.41. The van der Waals surface area contributed by atoms with Gasteiger partial charge in [-0.05, 0) is 62.5 Å². The number of non-ortho nitro benzene ring substituents is 1. The fourth-order valence-corrected chi connectivity index (χ4v) is 4.09. The Hall–Kier alpha value is -3.26. The van der Waals surface area contributed by atoms with Gasteiger partial charge in [0.05, 0.1) is 16.7 Å². The zero-order chi connectivity index (χ0) is 20.5. The summed E-state index contributed by atoms with van der Waals surface area (Å²) in [4.78, 5) is 17.1. The van der Waals surface area contributed by atoms with Crippen LogP contribution in [0.2, 0.25) is 0 Å². The average molecular weight is 408 g/mol. The van der Waals surface area contributed by atoms with Crippen LogP contribution < -0.4 is 5.32 Å². The van der Waals surface area contributed by atoms with Crippen molar-refractivity contribution in [3.05, 3.63) is 82.4 Å². The van der Waals surface area contributed by atoms with E-state index in [1.807, 2.05) is 30.3 Å². The van der Waals surface area contributed by atoms with Crippen molar-refractivity contribution >= 4 is 23.0 Å². The van der Waals surface area contributed by atoms with Gasteiger partial charge in [-0.3, -0.25) is 15.1 Å². The van der Waals surface area contributed by atoms with Crippen LogP contribution in [0.5, 0.6) is 0 Å². The van der Waals surface area contributed by atoms with E-state index in [0.29, 0.717) is 10.9 Å². The molecule has 3 aromatic rings. The summed E-state index contributed by atoms with van der Waals surface area (Å²) in [6, 6.07) is 15.8. The zero-order valence-corrected chi connectivity index (χ0v) is 16.8. The second kappa shape index (κ2) is 7.63. The molecule has 1 aliphatic heterocycles. The van der Waals surface area contributed by atoms with E-state index < -0.39 is 4.92 Å². The van der Waals surface area contributed by atoms with E-state index in [9.17, 15) is 10.1 Å². The molecule has 0 unspecified atom stereocenters. The number of hydrogen-bond donors (Lipinski definition) is 1. The number of nitro groups is 1. The molecule has 148 valence electrons. The number of nitrogens with one attached hydrogen (secondary N) is 1. The van der Waals surface area contributed by atoms with Gasteiger partial charge in [0, 0.05) is 29.9 Å². The third-order valence-electron chi connectivity index (χ3n) is 4.97. The Kier molecular flexibility index (Phi) is 5.02. The predicted molar refractivity (Wildman–Crippen MR) is 113 cm³/mol. The van der Waals surface area contributed by atoms with Crippen LogP contribution in [-0.4, -0.2) is 26.0 Å². The van der Waals surface area contributed by atoms with Crippen molar-refractivity contribution in [3.63, 3.8) is 0 Å². The maximum absolute atomic E-state index is 10.9. The van der Waals surface area contributed by atoms with E-state index in [4.69, 9.17) is 16.6 Å². The maximum Gasteiger partial charge on any atom is 0.269 e. The molecule has 1 N–H and O–H groups in total. The smallest absolute Gasteiger partial charge is 0.269 e. The summed E-state index contributed by atoms with van der Waals surface area (Å²) < 4.78 is 6.20. The second-order valence-electron chi connectivity index (χ2n) is 7.13. The Morgan fingerprint density at radius 2 is 1.93 bits per heavy atom. The second-order valence-corrected chi connectivity index (χ2v) is 7.52. The van der Waals surface area contributed by atoms with Gasteiger partial charge in [-0.15, -0.1) is 0 Å². The molecule has 2 atom stereocenters. The highest BCUT2D eigenvalue weighted by atomic mass is 32.1. The lowest BCUT2D eigenvalue weighted by molar-refractivity contribution is -0.384. The van der Waals surface area contributed by atoms with Crippen LogP contribution in [-0.2, 0) is 0 Å². The quantitative estimate of drug-likeness (QED) is 0.374. The van der Waals surface area contributed by atoms with Gasteiger partial charge in [0.15, 0.2) is 5.11 Å². The fraction of sp³-hybridized carbons (Fsp3) is 0.238. The van der Waals surface area contributed by atoms with Crippen LogP contribution in [0, 0.1) is 10.1 Å². The van der Waals surface area contributed by atoms with Crippen LogP contribution in [0.4, 0.5) is 5.69 Å². The molecule has 1 aliphatic rings. The maximum atomic E-state index is 10.9. The summed E-state index contributed by atoms with van der Waals surface area (Å²) in [5.41, 5.74) is 1.71. The molecule has 1 saturated heterocycles. The lowest BCUT2D eigenvalue weighted by atomic mass is 10.0. The number of thiocarbonyl (C=S) groups is 1. The number of rotatable bonds is 5. The van der Waals surface area contributed by atoms with Crippen molar-refractivity contribution in [1.82, 2.24) is 15.2 Å². The monoisotopic (exact) mass is 408 g/mol. The van der Waals surface area contributed by atoms with Crippen molar-refractivity contribution in [2.45, 2.75) is 32.0 Å². The van der Waals surface area contributed by atoms with Gasteiger partial charge in [-0.25, -0.2) is 0 Å². The third-order valence-corrected chi connectivity index (χ3v) is 5.30. The molecular weight excluding hydrogens is 388 g/mol. The average Bonchev–Trinajstić information content (AvgIpc) is 3.33. The standard InChI is InChI=1S/C21H20N4O3S/c1-13(2)24-20(19(23-21(24)29)16-5-3-4-12-22-16)18-11-10-17(28-18)14-6-8-15(9-7-14)25(26)27/h3-13,19-20H,1-2H3,(H,23,29)/t19-,20-/m0/s1. The van der Waals surface area contributed by atoms with Gasteiger partial charge in [-0.1, -0.05) is 6.07 Å². The molecule has 29 heavy (non-hydrogen) atoms. The molecule has 0 radical (unpaired) electrons. The zero-order valence-electron chi connectivity index (χ0n) is 16.0. The van der Waals surface area contributed by atoms with Crippen molar-refractivity contribution in [1.29, 1.82) is 0 Å². The van der Waals surface area contributed by atoms with Gasteiger partial charge in [-0.2, -0.15) is 0 Å². The number of nitrogens with zero attached hydrogens (tertiary/aromatic N) is 3. The molecule has 3 heterocycles. The van der Waals surface area contributed by atoms with Gasteiger partial charge in [0.25, 0.3) is 5.69 Å². The van der Waals surface area contributed by atoms with E-state index >= 15 is 0 Å². The van der Waals surface area contributed by atoms with E-state index in [-0.39, 0.29) is 23.8 Å².